The predicted molar refractivity (Wildman–Crippen MR) is 99.2 cm³/mol. The Morgan fingerprint density at radius 1 is 1.26 bits per heavy atom. The number of carbonyl (C=O) groups is 1. The van der Waals surface area contributed by atoms with E-state index in [9.17, 15) is 18.0 Å². The molecule has 0 saturated carbocycles. The molecule has 0 spiro atoms. The van der Waals surface area contributed by atoms with Gasteiger partial charge in [0.25, 0.3) is 0 Å². The van der Waals surface area contributed by atoms with Gasteiger partial charge in [0.05, 0.1) is 0 Å². The second kappa shape index (κ2) is 9.60. The second-order valence-electron chi connectivity index (χ2n) is 6.78. The summed E-state index contributed by atoms with van der Waals surface area (Å²) in [6.07, 6.45) is 1.69. The number of amides is 1. The summed E-state index contributed by atoms with van der Waals surface area (Å²) in [6, 6.07) is 5.79. The molecule has 1 amide bonds. The minimum absolute atomic E-state index is 0.0757. The summed E-state index contributed by atoms with van der Waals surface area (Å²) in [4.78, 5) is 14.4. The van der Waals surface area contributed by atoms with Crippen molar-refractivity contribution in [1.29, 1.82) is 0 Å². The number of allylic oxidation sites excluding steroid dienone is 1. The highest BCUT2D eigenvalue weighted by molar-refractivity contribution is 5.92. The van der Waals surface area contributed by atoms with E-state index in [0.29, 0.717) is 0 Å². The quantitative estimate of drug-likeness (QED) is 0.594. The van der Waals surface area contributed by atoms with Crippen LogP contribution in [0.5, 0.6) is 5.75 Å². The second-order valence-corrected chi connectivity index (χ2v) is 6.78. The molecule has 4 nitrogen and oxygen atoms in total. The molecule has 0 aliphatic carbocycles. The zero-order valence-electron chi connectivity index (χ0n) is 15.6. The Labute approximate surface area is 157 Å². The van der Waals surface area contributed by atoms with Crippen molar-refractivity contribution >= 4 is 12.0 Å². The lowest BCUT2D eigenvalue weighted by Crippen LogP contribution is -2.44. The molecule has 148 valence electrons. The SMILES string of the molecule is CC(C)=CCN1CCC(NC(=O)/C=C/c2ccccc2OC(F)(F)F)CC1. The zero-order chi connectivity index (χ0) is 19.9. The molecule has 7 heteroatoms. The van der Waals surface area contributed by atoms with Gasteiger partial charge in [-0.3, -0.25) is 9.69 Å². The van der Waals surface area contributed by atoms with Gasteiger partial charge in [0.2, 0.25) is 5.91 Å². The third kappa shape index (κ3) is 7.86. The summed E-state index contributed by atoms with van der Waals surface area (Å²) in [6.45, 7) is 6.86. The van der Waals surface area contributed by atoms with Crippen LogP contribution in [-0.4, -0.2) is 42.8 Å². The molecule has 1 saturated heterocycles. The van der Waals surface area contributed by atoms with E-state index >= 15 is 0 Å². The number of piperidine rings is 1. The number of carbonyl (C=O) groups excluding carboxylic acids is 1. The van der Waals surface area contributed by atoms with Crippen LogP contribution in [0.25, 0.3) is 6.08 Å². The fourth-order valence-electron chi connectivity index (χ4n) is 2.82. The number of nitrogens with one attached hydrogen (secondary N) is 1. The molecule has 1 heterocycles. The molecule has 1 aliphatic rings. The van der Waals surface area contributed by atoms with Crippen molar-refractivity contribution in [3.8, 4) is 5.75 Å². The zero-order valence-corrected chi connectivity index (χ0v) is 15.6. The smallest absolute Gasteiger partial charge is 0.405 e. The van der Waals surface area contributed by atoms with Crippen molar-refractivity contribution in [2.24, 2.45) is 0 Å². The normalized spacial score (nSPS) is 16.3. The van der Waals surface area contributed by atoms with Crippen LogP contribution in [0.3, 0.4) is 0 Å². The number of hydrogen-bond acceptors (Lipinski definition) is 3. The maximum absolute atomic E-state index is 12.4. The highest BCUT2D eigenvalue weighted by atomic mass is 19.4. The van der Waals surface area contributed by atoms with Crippen LogP contribution in [0.2, 0.25) is 0 Å². The fourth-order valence-corrected chi connectivity index (χ4v) is 2.82. The van der Waals surface area contributed by atoms with E-state index in [2.05, 4.69) is 34.9 Å². The van der Waals surface area contributed by atoms with Gasteiger partial charge in [-0.2, -0.15) is 0 Å². The van der Waals surface area contributed by atoms with E-state index in [1.807, 2.05) is 0 Å². The Bertz CT molecular complexity index is 687. The van der Waals surface area contributed by atoms with Gasteiger partial charge >= 0.3 is 6.36 Å². The van der Waals surface area contributed by atoms with Crippen molar-refractivity contribution in [1.82, 2.24) is 10.2 Å². The molecular formula is C20H25F3N2O2. The first-order valence-electron chi connectivity index (χ1n) is 8.92. The molecule has 27 heavy (non-hydrogen) atoms. The molecule has 1 N–H and O–H groups in total. The predicted octanol–water partition coefficient (Wildman–Crippen LogP) is 4.15. The maximum Gasteiger partial charge on any atom is 0.573 e. The fraction of sp³-hybridized carbons (Fsp3) is 0.450. The molecule has 0 radical (unpaired) electrons. The van der Waals surface area contributed by atoms with E-state index in [4.69, 9.17) is 0 Å². The lowest BCUT2D eigenvalue weighted by atomic mass is 10.0. The number of likely N-dealkylation sites (tertiary alicyclic amines) is 1. The lowest BCUT2D eigenvalue weighted by Gasteiger charge is -2.31. The maximum atomic E-state index is 12.4. The lowest BCUT2D eigenvalue weighted by molar-refractivity contribution is -0.274. The molecule has 0 bridgehead atoms. The molecule has 0 aromatic heterocycles. The minimum atomic E-state index is -4.77. The number of hydrogen-bond donors (Lipinski definition) is 1. The first-order valence-corrected chi connectivity index (χ1v) is 8.92. The third-order valence-electron chi connectivity index (χ3n) is 4.25. The number of nitrogens with zero attached hydrogens (tertiary/aromatic N) is 1. The molecule has 0 atom stereocenters. The van der Waals surface area contributed by atoms with Crippen LogP contribution < -0.4 is 10.1 Å². The number of para-hydroxylation sites is 1. The molecular weight excluding hydrogens is 357 g/mol. The first kappa shape index (κ1) is 21.0. The van der Waals surface area contributed by atoms with Gasteiger partial charge in [0.15, 0.2) is 0 Å². The summed E-state index contributed by atoms with van der Waals surface area (Å²) in [5.41, 5.74) is 1.48. The van der Waals surface area contributed by atoms with Crippen molar-refractivity contribution in [3.63, 3.8) is 0 Å². The van der Waals surface area contributed by atoms with Gasteiger partial charge in [-0.25, -0.2) is 0 Å². The Kier molecular flexibility index (Phi) is 7.47. The number of benzene rings is 1. The molecule has 1 aromatic carbocycles. The average Bonchev–Trinajstić information content (AvgIpc) is 2.59. The summed E-state index contributed by atoms with van der Waals surface area (Å²) in [7, 11) is 0. The van der Waals surface area contributed by atoms with Gasteiger partial charge in [0, 0.05) is 37.3 Å². The highest BCUT2D eigenvalue weighted by Crippen LogP contribution is 2.27. The molecule has 1 aromatic rings. The average molecular weight is 382 g/mol. The van der Waals surface area contributed by atoms with E-state index < -0.39 is 6.36 Å². The van der Waals surface area contributed by atoms with Crippen LogP contribution in [0.15, 0.2) is 42.0 Å². The van der Waals surface area contributed by atoms with Crippen LogP contribution in [0, 0.1) is 0 Å². The third-order valence-corrected chi connectivity index (χ3v) is 4.25. The highest BCUT2D eigenvalue weighted by Gasteiger charge is 2.31. The van der Waals surface area contributed by atoms with Gasteiger partial charge in [-0.05, 0) is 38.8 Å². The van der Waals surface area contributed by atoms with E-state index in [0.717, 1.165) is 32.5 Å². The van der Waals surface area contributed by atoms with Crippen LogP contribution >= 0.6 is 0 Å². The standard InChI is InChI=1S/C20H25F3N2O2/c1-15(2)9-12-25-13-10-17(11-14-25)24-19(26)8-7-16-5-3-4-6-18(16)27-20(21,22)23/h3-9,17H,10-14H2,1-2H3,(H,24,26)/b8-7+. The number of halogens is 3. The van der Waals surface area contributed by atoms with E-state index in [1.54, 1.807) is 6.07 Å². The monoisotopic (exact) mass is 382 g/mol. The van der Waals surface area contributed by atoms with Crippen LogP contribution in [0.4, 0.5) is 13.2 Å². The van der Waals surface area contributed by atoms with Crippen molar-refractivity contribution in [2.45, 2.75) is 39.1 Å². The molecule has 1 fully saturated rings. The minimum Gasteiger partial charge on any atom is -0.405 e. The first-order chi connectivity index (χ1) is 12.7. The van der Waals surface area contributed by atoms with Gasteiger partial charge in [0.1, 0.15) is 5.75 Å². The Hall–Kier alpha value is -2.28. The number of rotatable bonds is 6. The molecule has 1 aliphatic heterocycles. The topological polar surface area (TPSA) is 41.6 Å². The Morgan fingerprint density at radius 3 is 2.56 bits per heavy atom. The van der Waals surface area contributed by atoms with Gasteiger partial charge < -0.3 is 10.1 Å². The summed E-state index contributed by atoms with van der Waals surface area (Å²) in [5.74, 6) is -0.652. The van der Waals surface area contributed by atoms with E-state index in [1.165, 1.54) is 35.9 Å². The van der Waals surface area contributed by atoms with Crippen molar-refractivity contribution in [2.75, 3.05) is 19.6 Å². The number of ether oxygens (including phenoxy) is 1. The van der Waals surface area contributed by atoms with Crippen molar-refractivity contribution in [3.05, 3.63) is 47.6 Å². The summed E-state index contributed by atoms with van der Waals surface area (Å²) >= 11 is 0. The largest absolute Gasteiger partial charge is 0.573 e. The number of alkyl halides is 3. The molecule has 0 unspecified atom stereocenters. The van der Waals surface area contributed by atoms with Crippen molar-refractivity contribution < 1.29 is 22.7 Å². The van der Waals surface area contributed by atoms with Gasteiger partial charge in [-0.1, -0.05) is 29.8 Å². The summed E-state index contributed by atoms with van der Waals surface area (Å²) in [5, 5.41) is 2.91. The van der Waals surface area contributed by atoms with Gasteiger partial charge in [-0.15, -0.1) is 13.2 Å². The van der Waals surface area contributed by atoms with Crippen LogP contribution in [0.1, 0.15) is 32.3 Å². The summed E-state index contributed by atoms with van der Waals surface area (Å²) < 4.78 is 41.3. The molecule has 2 rings (SSSR count). The van der Waals surface area contributed by atoms with Crippen LogP contribution in [-0.2, 0) is 4.79 Å². The Balaban J connectivity index is 1.85. The van der Waals surface area contributed by atoms with E-state index in [-0.39, 0.29) is 23.3 Å². The Morgan fingerprint density at radius 2 is 1.93 bits per heavy atom.